The third-order valence-electron chi connectivity index (χ3n) is 2.54. The van der Waals surface area contributed by atoms with Gasteiger partial charge in [-0.15, -0.1) is 0 Å². The first-order valence-electron chi connectivity index (χ1n) is 5.88. The fourth-order valence-electron chi connectivity index (χ4n) is 1.43. The molecule has 0 aromatic carbocycles. The fraction of sp³-hybridized carbons (Fsp3) is 1.00. The van der Waals surface area contributed by atoms with E-state index < -0.39 is 9.84 Å². The van der Waals surface area contributed by atoms with Gasteiger partial charge >= 0.3 is 0 Å². The molecule has 16 heavy (non-hydrogen) atoms. The zero-order chi connectivity index (χ0) is 12.6. The molecule has 0 bridgehead atoms. The first-order valence-corrected chi connectivity index (χ1v) is 7.59. The van der Waals surface area contributed by atoms with Gasteiger partial charge in [0.25, 0.3) is 0 Å². The summed E-state index contributed by atoms with van der Waals surface area (Å²) in [5, 5.41) is 2.94. The molecule has 0 radical (unpaired) electrons. The number of hydrogen-bond donors (Lipinski definition) is 1. The van der Waals surface area contributed by atoms with E-state index in [-0.39, 0.29) is 17.0 Å². The second kappa shape index (κ2) is 8.03. The first kappa shape index (κ1) is 15.9. The van der Waals surface area contributed by atoms with Crippen LogP contribution in [0, 0.1) is 0 Å². The van der Waals surface area contributed by atoms with Crippen LogP contribution in [0.25, 0.3) is 0 Å². The van der Waals surface area contributed by atoms with Crippen molar-refractivity contribution in [2.24, 2.45) is 0 Å². The lowest BCUT2D eigenvalue weighted by Gasteiger charge is -2.17. The average molecular weight is 251 g/mol. The smallest absolute Gasteiger partial charge is 0.153 e. The van der Waals surface area contributed by atoms with Crippen molar-refractivity contribution in [3.8, 4) is 0 Å². The highest BCUT2D eigenvalue weighted by molar-refractivity contribution is 7.92. The molecule has 1 unspecified atom stereocenters. The number of nitrogens with one attached hydrogen (secondary N) is 1. The molecule has 0 amide bonds. The number of ether oxygens (including phenoxy) is 1. The highest BCUT2D eigenvalue weighted by Crippen LogP contribution is 2.01. The van der Waals surface area contributed by atoms with E-state index in [4.69, 9.17) is 4.74 Å². The molecule has 0 rings (SSSR count). The Morgan fingerprint density at radius 2 is 1.94 bits per heavy atom. The van der Waals surface area contributed by atoms with Crippen LogP contribution in [0.15, 0.2) is 0 Å². The van der Waals surface area contributed by atoms with Crippen molar-refractivity contribution in [2.75, 3.05) is 26.0 Å². The Labute approximate surface area is 99.7 Å². The van der Waals surface area contributed by atoms with Crippen molar-refractivity contribution in [1.29, 1.82) is 0 Å². The first-order chi connectivity index (χ1) is 7.44. The Bertz CT molecular complexity index is 256. The standard InChI is InChI=1S/C11H25NO3S/c1-5-6-11(9-15-4)12-7-8-16(13,14)10(2)3/h10-12H,5-9H2,1-4H3. The van der Waals surface area contributed by atoms with Crippen molar-refractivity contribution in [1.82, 2.24) is 5.32 Å². The van der Waals surface area contributed by atoms with Gasteiger partial charge in [0.15, 0.2) is 9.84 Å². The third-order valence-corrected chi connectivity index (χ3v) is 4.75. The van der Waals surface area contributed by atoms with Crippen molar-refractivity contribution in [3.63, 3.8) is 0 Å². The van der Waals surface area contributed by atoms with Crippen molar-refractivity contribution in [2.45, 2.75) is 44.9 Å². The molecular weight excluding hydrogens is 226 g/mol. The summed E-state index contributed by atoms with van der Waals surface area (Å²) in [6.45, 7) is 6.68. The average Bonchev–Trinajstić information content (AvgIpc) is 2.17. The Hall–Kier alpha value is -0.130. The van der Waals surface area contributed by atoms with Crippen molar-refractivity contribution >= 4 is 9.84 Å². The van der Waals surface area contributed by atoms with Gasteiger partial charge in [-0.05, 0) is 20.3 Å². The van der Waals surface area contributed by atoms with E-state index in [1.165, 1.54) is 0 Å². The second-order valence-corrected chi connectivity index (χ2v) is 6.99. The van der Waals surface area contributed by atoms with E-state index in [1.54, 1.807) is 21.0 Å². The predicted molar refractivity (Wildman–Crippen MR) is 67.5 cm³/mol. The van der Waals surface area contributed by atoms with Crippen LogP contribution in [0.5, 0.6) is 0 Å². The van der Waals surface area contributed by atoms with Gasteiger partial charge in [-0.2, -0.15) is 0 Å². The number of sulfone groups is 1. The summed E-state index contributed by atoms with van der Waals surface area (Å²) in [5.74, 6) is 0.203. The van der Waals surface area contributed by atoms with Gasteiger partial charge in [0, 0.05) is 19.7 Å². The highest BCUT2D eigenvalue weighted by Gasteiger charge is 2.16. The summed E-state index contributed by atoms with van der Waals surface area (Å²) in [5.41, 5.74) is 0. The van der Waals surface area contributed by atoms with Crippen LogP contribution in [-0.2, 0) is 14.6 Å². The van der Waals surface area contributed by atoms with Gasteiger partial charge < -0.3 is 10.1 Å². The van der Waals surface area contributed by atoms with Gasteiger partial charge in [-0.3, -0.25) is 0 Å². The van der Waals surface area contributed by atoms with E-state index in [9.17, 15) is 8.42 Å². The monoisotopic (exact) mass is 251 g/mol. The third kappa shape index (κ3) is 6.45. The molecule has 0 aromatic rings. The van der Waals surface area contributed by atoms with Crippen LogP contribution >= 0.6 is 0 Å². The Morgan fingerprint density at radius 1 is 1.31 bits per heavy atom. The second-order valence-electron chi connectivity index (χ2n) is 4.31. The SMILES string of the molecule is CCCC(COC)NCCS(=O)(=O)C(C)C. The molecule has 0 saturated carbocycles. The summed E-state index contributed by atoms with van der Waals surface area (Å²) < 4.78 is 28.2. The zero-order valence-corrected chi connectivity index (χ0v) is 11.6. The van der Waals surface area contributed by atoms with E-state index in [1.807, 2.05) is 0 Å². The van der Waals surface area contributed by atoms with Crippen molar-refractivity contribution < 1.29 is 13.2 Å². The summed E-state index contributed by atoms with van der Waals surface area (Å²) in [7, 11) is -1.27. The molecule has 0 aromatic heterocycles. The fourth-order valence-corrected chi connectivity index (χ4v) is 2.31. The molecule has 0 saturated heterocycles. The van der Waals surface area contributed by atoms with Crippen molar-refractivity contribution in [3.05, 3.63) is 0 Å². The van der Waals surface area contributed by atoms with Gasteiger partial charge in [-0.1, -0.05) is 13.3 Å². The van der Waals surface area contributed by atoms with Crippen LogP contribution in [-0.4, -0.2) is 45.7 Å². The molecule has 0 fully saturated rings. The summed E-state index contributed by atoms with van der Waals surface area (Å²) in [6, 6.07) is 0.261. The predicted octanol–water partition coefficient (Wildman–Crippen LogP) is 1.21. The topological polar surface area (TPSA) is 55.4 Å². The van der Waals surface area contributed by atoms with E-state index in [0.29, 0.717) is 13.2 Å². The van der Waals surface area contributed by atoms with Crippen LogP contribution in [0.2, 0.25) is 0 Å². The maximum Gasteiger partial charge on any atom is 0.153 e. The van der Waals surface area contributed by atoms with Gasteiger partial charge in [-0.25, -0.2) is 8.42 Å². The van der Waals surface area contributed by atoms with E-state index in [2.05, 4.69) is 12.2 Å². The van der Waals surface area contributed by atoms with E-state index in [0.717, 1.165) is 12.8 Å². The number of hydrogen-bond acceptors (Lipinski definition) is 4. The lowest BCUT2D eigenvalue weighted by atomic mass is 10.2. The molecule has 98 valence electrons. The quantitative estimate of drug-likeness (QED) is 0.669. The lowest BCUT2D eigenvalue weighted by Crippen LogP contribution is -2.37. The number of methoxy groups -OCH3 is 1. The molecule has 4 nitrogen and oxygen atoms in total. The molecule has 0 heterocycles. The highest BCUT2D eigenvalue weighted by atomic mass is 32.2. The summed E-state index contributed by atoms with van der Waals surface area (Å²) in [4.78, 5) is 0. The van der Waals surface area contributed by atoms with Gasteiger partial charge in [0.05, 0.1) is 17.6 Å². The molecule has 1 atom stereocenters. The summed E-state index contributed by atoms with van der Waals surface area (Å²) >= 11 is 0. The van der Waals surface area contributed by atoms with E-state index >= 15 is 0 Å². The maximum atomic E-state index is 11.6. The maximum absolute atomic E-state index is 11.6. The lowest BCUT2D eigenvalue weighted by molar-refractivity contribution is 0.163. The van der Waals surface area contributed by atoms with Gasteiger partial charge in [0.1, 0.15) is 0 Å². The van der Waals surface area contributed by atoms with Crippen LogP contribution in [0.1, 0.15) is 33.6 Å². The molecule has 0 aliphatic heterocycles. The Kier molecular flexibility index (Phi) is 7.97. The minimum atomic E-state index is -2.93. The van der Waals surface area contributed by atoms with Crippen LogP contribution < -0.4 is 5.32 Å². The van der Waals surface area contributed by atoms with Crippen LogP contribution in [0.4, 0.5) is 0 Å². The molecule has 1 N–H and O–H groups in total. The Balaban J connectivity index is 3.94. The molecule has 0 aliphatic carbocycles. The largest absolute Gasteiger partial charge is 0.383 e. The molecular formula is C11H25NO3S. The van der Waals surface area contributed by atoms with Crippen LogP contribution in [0.3, 0.4) is 0 Å². The molecule has 0 aliphatic rings. The summed E-state index contributed by atoms with van der Waals surface area (Å²) in [6.07, 6.45) is 2.08. The molecule has 5 heteroatoms. The normalized spacial score (nSPS) is 14.3. The molecule has 0 spiro atoms. The minimum Gasteiger partial charge on any atom is -0.383 e. The number of rotatable bonds is 9. The zero-order valence-electron chi connectivity index (χ0n) is 10.8. The minimum absolute atomic E-state index is 0.203. The Morgan fingerprint density at radius 3 is 2.38 bits per heavy atom. The van der Waals surface area contributed by atoms with Gasteiger partial charge in [0.2, 0.25) is 0 Å².